The average Bonchev–Trinajstić information content (AvgIpc) is 3.31. The summed E-state index contributed by atoms with van der Waals surface area (Å²) in [5.74, 6) is 0. The first kappa shape index (κ1) is 13.5. The fourth-order valence-electron chi connectivity index (χ4n) is 2.63. The number of nitrogens with one attached hydrogen (secondary N) is 1. The SMILES string of the molecule is C1=NC(/C=C/c2[nH]c3ccccc3c2/C=C/c2cocn2)=CC1. The molecule has 4 rings (SSSR count). The van der Waals surface area contributed by atoms with E-state index in [4.69, 9.17) is 4.42 Å². The van der Waals surface area contributed by atoms with Crippen molar-refractivity contribution in [3.05, 3.63) is 71.7 Å². The van der Waals surface area contributed by atoms with E-state index in [1.807, 2.05) is 30.5 Å². The molecule has 23 heavy (non-hydrogen) atoms. The van der Waals surface area contributed by atoms with Crippen LogP contribution in [0.15, 0.2) is 64.2 Å². The second-order valence-electron chi connectivity index (χ2n) is 5.25. The number of aromatic nitrogens is 2. The van der Waals surface area contributed by atoms with Crippen molar-refractivity contribution in [3.63, 3.8) is 0 Å². The number of allylic oxidation sites excluding steroid dienone is 2. The van der Waals surface area contributed by atoms with Crippen molar-refractivity contribution in [1.82, 2.24) is 9.97 Å². The fraction of sp³-hybridized carbons (Fsp3) is 0.0526. The predicted octanol–water partition coefficient (Wildman–Crippen LogP) is 4.70. The molecule has 3 heterocycles. The molecule has 1 aliphatic heterocycles. The van der Waals surface area contributed by atoms with Gasteiger partial charge in [-0.1, -0.05) is 24.3 Å². The molecule has 0 radical (unpaired) electrons. The number of H-pyrrole nitrogens is 1. The molecular formula is C19H15N3O. The summed E-state index contributed by atoms with van der Waals surface area (Å²) in [6.07, 6.45) is 16.1. The molecule has 0 atom stereocenters. The van der Waals surface area contributed by atoms with Gasteiger partial charge in [-0.2, -0.15) is 0 Å². The van der Waals surface area contributed by atoms with Crippen molar-refractivity contribution in [3.8, 4) is 0 Å². The smallest absolute Gasteiger partial charge is 0.181 e. The number of fused-ring (bicyclic) bond motifs is 1. The molecule has 0 spiro atoms. The Morgan fingerprint density at radius 3 is 2.87 bits per heavy atom. The van der Waals surface area contributed by atoms with Crippen molar-refractivity contribution in [1.29, 1.82) is 0 Å². The van der Waals surface area contributed by atoms with Crippen LogP contribution < -0.4 is 0 Å². The molecule has 1 N–H and O–H groups in total. The minimum absolute atomic E-state index is 0.799. The zero-order chi connectivity index (χ0) is 15.5. The van der Waals surface area contributed by atoms with Crippen molar-refractivity contribution in [2.75, 3.05) is 0 Å². The van der Waals surface area contributed by atoms with Crippen molar-refractivity contribution >= 4 is 35.3 Å². The average molecular weight is 301 g/mol. The zero-order valence-corrected chi connectivity index (χ0v) is 12.4. The number of nitrogens with zero attached hydrogens (tertiary/aromatic N) is 2. The standard InChI is InChI=1S/C19H15N3O/c1-2-6-18-16(5-1)17(9-7-15-12-23-13-21-15)19(22-18)10-8-14-4-3-11-20-14/h1-2,4-13,22H,3H2/b9-7+,10-8+. The van der Waals surface area contributed by atoms with Gasteiger partial charge in [-0.05, 0) is 30.4 Å². The van der Waals surface area contributed by atoms with Gasteiger partial charge in [0.15, 0.2) is 6.39 Å². The van der Waals surface area contributed by atoms with Gasteiger partial charge in [0, 0.05) is 34.8 Å². The van der Waals surface area contributed by atoms with Crippen molar-refractivity contribution in [2.45, 2.75) is 6.42 Å². The van der Waals surface area contributed by atoms with E-state index in [2.05, 4.69) is 45.3 Å². The molecule has 1 aliphatic rings. The number of oxazole rings is 1. The molecule has 3 aromatic rings. The Balaban J connectivity index is 1.76. The third-order valence-electron chi connectivity index (χ3n) is 3.74. The molecule has 0 aliphatic carbocycles. The van der Waals surface area contributed by atoms with E-state index in [1.165, 1.54) is 11.8 Å². The van der Waals surface area contributed by atoms with Crippen LogP contribution in [0.1, 0.15) is 23.4 Å². The Morgan fingerprint density at radius 2 is 2.04 bits per heavy atom. The lowest BCUT2D eigenvalue weighted by atomic mass is 10.1. The lowest BCUT2D eigenvalue weighted by Crippen LogP contribution is -1.77. The van der Waals surface area contributed by atoms with E-state index in [0.29, 0.717) is 0 Å². The largest absolute Gasteiger partial charge is 0.451 e. The number of para-hydroxylation sites is 1. The van der Waals surface area contributed by atoms with Crippen LogP contribution in [-0.4, -0.2) is 16.2 Å². The molecule has 0 saturated heterocycles. The van der Waals surface area contributed by atoms with Gasteiger partial charge >= 0.3 is 0 Å². The Kier molecular flexibility index (Phi) is 3.48. The molecule has 2 aromatic heterocycles. The molecule has 1 aromatic carbocycles. The van der Waals surface area contributed by atoms with Gasteiger partial charge in [-0.15, -0.1) is 0 Å². The highest BCUT2D eigenvalue weighted by molar-refractivity contribution is 5.95. The Hall–Kier alpha value is -3.14. The summed E-state index contributed by atoms with van der Waals surface area (Å²) in [6, 6.07) is 8.26. The zero-order valence-electron chi connectivity index (χ0n) is 12.4. The van der Waals surface area contributed by atoms with E-state index in [-0.39, 0.29) is 0 Å². The molecule has 0 unspecified atom stereocenters. The third-order valence-corrected chi connectivity index (χ3v) is 3.74. The van der Waals surface area contributed by atoms with Crippen LogP contribution in [0.4, 0.5) is 0 Å². The number of rotatable bonds is 4. The van der Waals surface area contributed by atoms with E-state index in [0.717, 1.165) is 34.6 Å². The number of hydrogen-bond donors (Lipinski definition) is 1. The lowest BCUT2D eigenvalue weighted by Gasteiger charge is -1.94. The summed E-state index contributed by atoms with van der Waals surface area (Å²) in [5, 5.41) is 1.18. The highest BCUT2D eigenvalue weighted by Gasteiger charge is 2.07. The molecule has 4 heteroatoms. The maximum Gasteiger partial charge on any atom is 0.181 e. The number of aromatic amines is 1. The molecule has 4 nitrogen and oxygen atoms in total. The summed E-state index contributed by atoms with van der Waals surface area (Å²) < 4.78 is 5.01. The highest BCUT2D eigenvalue weighted by Crippen LogP contribution is 2.26. The second kappa shape index (κ2) is 5.93. The highest BCUT2D eigenvalue weighted by atomic mass is 16.3. The molecule has 0 amide bonds. The fourth-order valence-corrected chi connectivity index (χ4v) is 2.63. The van der Waals surface area contributed by atoms with E-state index in [1.54, 1.807) is 6.26 Å². The molecule has 112 valence electrons. The number of benzene rings is 1. The first-order valence-electron chi connectivity index (χ1n) is 7.48. The minimum Gasteiger partial charge on any atom is -0.451 e. The summed E-state index contributed by atoms with van der Waals surface area (Å²) in [5.41, 5.74) is 5.08. The van der Waals surface area contributed by atoms with Gasteiger partial charge in [0.25, 0.3) is 0 Å². The van der Waals surface area contributed by atoms with Crippen LogP contribution in [0, 0.1) is 0 Å². The Bertz CT molecular complexity index is 940. The van der Waals surface area contributed by atoms with E-state index in [9.17, 15) is 0 Å². The maximum atomic E-state index is 5.01. The van der Waals surface area contributed by atoms with Gasteiger partial charge in [0.2, 0.25) is 0 Å². The van der Waals surface area contributed by atoms with Crippen LogP contribution in [0.3, 0.4) is 0 Å². The summed E-state index contributed by atoms with van der Waals surface area (Å²) >= 11 is 0. The van der Waals surface area contributed by atoms with Crippen molar-refractivity contribution in [2.24, 2.45) is 4.99 Å². The van der Waals surface area contributed by atoms with Crippen LogP contribution >= 0.6 is 0 Å². The Morgan fingerprint density at radius 1 is 1.09 bits per heavy atom. The van der Waals surface area contributed by atoms with Crippen LogP contribution in [0.2, 0.25) is 0 Å². The van der Waals surface area contributed by atoms with Crippen LogP contribution in [0.25, 0.3) is 29.1 Å². The van der Waals surface area contributed by atoms with Gasteiger partial charge in [0.05, 0.1) is 5.70 Å². The summed E-state index contributed by atoms with van der Waals surface area (Å²) in [6.45, 7) is 0. The minimum atomic E-state index is 0.799. The van der Waals surface area contributed by atoms with Gasteiger partial charge in [0.1, 0.15) is 12.0 Å². The van der Waals surface area contributed by atoms with Gasteiger partial charge in [-0.25, -0.2) is 4.98 Å². The quantitative estimate of drug-likeness (QED) is 0.759. The van der Waals surface area contributed by atoms with Crippen LogP contribution in [-0.2, 0) is 0 Å². The monoisotopic (exact) mass is 301 g/mol. The molecule has 0 bridgehead atoms. The topological polar surface area (TPSA) is 54.2 Å². The summed E-state index contributed by atoms with van der Waals surface area (Å²) in [7, 11) is 0. The predicted molar refractivity (Wildman–Crippen MR) is 94.0 cm³/mol. The summed E-state index contributed by atoms with van der Waals surface area (Å²) in [4.78, 5) is 11.9. The maximum absolute atomic E-state index is 5.01. The molecule has 0 saturated carbocycles. The van der Waals surface area contributed by atoms with E-state index < -0.39 is 0 Å². The lowest BCUT2D eigenvalue weighted by molar-refractivity contribution is 0.557. The van der Waals surface area contributed by atoms with Crippen LogP contribution in [0.5, 0.6) is 0 Å². The van der Waals surface area contributed by atoms with Crippen molar-refractivity contribution < 1.29 is 4.42 Å². The first-order chi connectivity index (χ1) is 11.4. The first-order valence-corrected chi connectivity index (χ1v) is 7.48. The normalized spacial score (nSPS) is 14.5. The third kappa shape index (κ3) is 2.79. The van der Waals surface area contributed by atoms with E-state index >= 15 is 0 Å². The van der Waals surface area contributed by atoms with Gasteiger partial charge in [-0.3, -0.25) is 4.99 Å². The second-order valence-corrected chi connectivity index (χ2v) is 5.25. The number of hydrogen-bond acceptors (Lipinski definition) is 3. The molecular weight excluding hydrogens is 286 g/mol. The van der Waals surface area contributed by atoms with Gasteiger partial charge < -0.3 is 9.40 Å². The molecule has 0 fully saturated rings. The number of aliphatic imine (C=N–C) groups is 1. The Labute approximate surface area is 133 Å².